The quantitative estimate of drug-likeness (QED) is 0.0222. The van der Waals surface area contributed by atoms with Crippen molar-refractivity contribution in [2.45, 2.75) is 426 Å². The first-order valence-electron chi connectivity index (χ1n) is 40.5. The molecule has 0 rings (SSSR count). The van der Waals surface area contributed by atoms with E-state index in [2.05, 4.69) is 41.5 Å². The van der Waals surface area contributed by atoms with Crippen molar-refractivity contribution < 1.29 is 80.2 Å². The molecule has 0 saturated heterocycles. The van der Waals surface area contributed by atoms with Gasteiger partial charge in [-0.1, -0.05) is 356 Å². The lowest BCUT2D eigenvalue weighted by Gasteiger charge is -2.21. The molecule has 3 N–H and O–H groups in total. The van der Waals surface area contributed by atoms with Crippen molar-refractivity contribution in [2.24, 2.45) is 11.8 Å². The molecule has 0 aromatic rings. The van der Waals surface area contributed by atoms with Crippen molar-refractivity contribution in [3.63, 3.8) is 0 Å². The van der Waals surface area contributed by atoms with Crippen LogP contribution < -0.4 is 0 Å². The average Bonchev–Trinajstić information content (AvgIpc) is 1.01. The Balaban J connectivity index is 5.26. The van der Waals surface area contributed by atoms with Crippen LogP contribution in [0.1, 0.15) is 408 Å². The molecule has 0 aliphatic carbocycles. The second kappa shape index (κ2) is 69.8. The molecule has 0 aromatic carbocycles. The van der Waals surface area contributed by atoms with E-state index in [4.69, 9.17) is 37.0 Å². The molecule has 5 atom stereocenters. The molecule has 0 aliphatic heterocycles. The van der Waals surface area contributed by atoms with Gasteiger partial charge in [0.2, 0.25) is 0 Å². The molecule has 0 fully saturated rings. The molecule has 0 aliphatic rings. The Hall–Kier alpha value is -1.94. The zero-order chi connectivity index (χ0) is 71.4. The highest BCUT2D eigenvalue weighted by Gasteiger charge is 2.30. The van der Waals surface area contributed by atoms with Crippen LogP contribution in [0.15, 0.2) is 0 Å². The highest BCUT2D eigenvalue weighted by atomic mass is 31.2. The number of phosphoric ester groups is 2. The van der Waals surface area contributed by atoms with Gasteiger partial charge in [-0.25, -0.2) is 9.13 Å². The van der Waals surface area contributed by atoms with Gasteiger partial charge in [-0.05, 0) is 37.5 Å². The predicted octanol–water partition coefficient (Wildman–Crippen LogP) is 23.1. The van der Waals surface area contributed by atoms with Crippen LogP contribution >= 0.6 is 15.6 Å². The normalized spacial score (nSPS) is 14.0. The molecule has 0 amide bonds. The third-order valence-corrected chi connectivity index (χ3v) is 20.1. The van der Waals surface area contributed by atoms with Gasteiger partial charge < -0.3 is 33.8 Å². The minimum atomic E-state index is -4.96. The summed E-state index contributed by atoms with van der Waals surface area (Å²) in [6, 6.07) is 0. The molecule has 0 radical (unpaired) electrons. The molecule has 0 heterocycles. The minimum absolute atomic E-state index is 0.108. The van der Waals surface area contributed by atoms with Gasteiger partial charge in [0.1, 0.15) is 19.3 Å². The summed E-state index contributed by atoms with van der Waals surface area (Å²) in [6.45, 7) is 9.65. The van der Waals surface area contributed by atoms with Crippen LogP contribution in [0.4, 0.5) is 0 Å². The molecule has 0 bridgehead atoms. The number of phosphoric acid groups is 2. The summed E-state index contributed by atoms with van der Waals surface area (Å²) in [5, 5.41) is 10.6. The van der Waals surface area contributed by atoms with Crippen molar-refractivity contribution >= 4 is 39.5 Å². The van der Waals surface area contributed by atoms with Crippen LogP contribution in [0.5, 0.6) is 0 Å². The Bertz CT molecular complexity index is 1870. The maximum absolute atomic E-state index is 13.1. The number of esters is 4. The van der Waals surface area contributed by atoms with Crippen LogP contribution in [-0.2, 0) is 65.4 Å². The molecule has 576 valence electrons. The summed E-state index contributed by atoms with van der Waals surface area (Å²) in [4.78, 5) is 72.9. The molecule has 17 nitrogen and oxygen atoms in total. The molecular weight excluding hydrogens is 1270 g/mol. The Morgan fingerprint density at radius 1 is 0.278 bits per heavy atom. The van der Waals surface area contributed by atoms with Gasteiger partial charge in [-0.3, -0.25) is 37.3 Å². The number of rotatable bonds is 77. The lowest BCUT2D eigenvalue weighted by atomic mass is 10.0. The van der Waals surface area contributed by atoms with Crippen LogP contribution in [0.2, 0.25) is 0 Å². The molecular formula is C78H152O17P2. The van der Waals surface area contributed by atoms with Gasteiger partial charge in [-0.15, -0.1) is 0 Å². The third kappa shape index (κ3) is 72.2. The smallest absolute Gasteiger partial charge is 0.462 e. The van der Waals surface area contributed by atoms with Gasteiger partial charge >= 0.3 is 39.5 Å². The van der Waals surface area contributed by atoms with Gasteiger partial charge in [0, 0.05) is 25.7 Å². The molecule has 2 unspecified atom stereocenters. The molecule has 0 aromatic heterocycles. The first kappa shape index (κ1) is 95.1. The second-order valence-electron chi connectivity index (χ2n) is 29.1. The van der Waals surface area contributed by atoms with Gasteiger partial charge in [0.25, 0.3) is 0 Å². The zero-order valence-electron chi connectivity index (χ0n) is 63.4. The molecule has 19 heteroatoms. The molecule has 0 saturated carbocycles. The molecule has 0 spiro atoms. The summed E-state index contributed by atoms with van der Waals surface area (Å²) in [5.74, 6) is -0.533. The number of aliphatic hydroxyl groups excluding tert-OH is 1. The lowest BCUT2D eigenvalue weighted by Crippen LogP contribution is -2.30. The predicted molar refractivity (Wildman–Crippen MR) is 395 cm³/mol. The third-order valence-electron chi connectivity index (χ3n) is 18.2. The average molecular weight is 1420 g/mol. The van der Waals surface area contributed by atoms with Crippen LogP contribution in [0.25, 0.3) is 0 Å². The maximum atomic E-state index is 13.1. The van der Waals surface area contributed by atoms with Crippen molar-refractivity contribution in [3.05, 3.63) is 0 Å². The number of hydrogen-bond acceptors (Lipinski definition) is 15. The summed E-state index contributed by atoms with van der Waals surface area (Å²) < 4.78 is 68.6. The van der Waals surface area contributed by atoms with E-state index >= 15 is 0 Å². The number of unbranched alkanes of at least 4 members (excludes halogenated alkanes) is 47. The Kier molecular flexibility index (Phi) is 68.4. The first-order chi connectivity index (χ1) is 46.9. The highest BCUT2D eigenvalue weighted by molar-refractivity contribution is 7.47. The fourth-order valence-electron chi connectivity index (χ4n) is 12.0. The Morgan fingerprint density at radius 2 is 0.474 bits per heavy atom. The summed E-state index contributed by atoms with van der Waals surface area (Å²) in [5.41, 5.74) is 0. The van der Waals surface area contributed by atoms with E-state index in [1.807, 2.05) is 0 Å². The van der Waals surface area contributed by atoms with Gasteiger partial charge in [0.15, 0.2) is 12.2 Å². The zero-order valence-corrected chi connectivity index (χ0v) is 65.2. The van der Waals surface area contributed by atoms with Crippen molar-refractivity contribution in [3.8, 4) is 0 Å². The number of aliphatic hydroxyl groups is 1. The van der Waals surface area contributed by atoms with E-state index in [-0.39, 0.29) is 25.7 Å². The number of ether oxygens (including phenoxy) is 4. The summed E-state index contributed by atoms with van der Waals surface area (Å²) in [6.07, 6.45) is 58.1. The topological polar surface area (TPSA) is 237 Å². The number of carbonyl (C=O) groups is 4. The van der Waals surface area contributed by atoms with Crippen molar-refractivity contribution in [1.29, 1.82) is 0 Å². The van der Waals surface area contributed by atoms with Gasteiger partial charge in [0.05, 0.1) is 26.4 Å². The van der Waals surface area contributed by atoms with E-state index in [1.54, 1.807) is 0 Å². The van der Waals surface area contributed by atoms with E-state index in [1.165, 1.54) is 225 Å². The van der Waals surface area contributed by atoms with Crippen LogP contribution in [0, 0.1) is 11.8 Å². The van der Waals surface area contributed by atoms with Crippen molar-refractivity contribution in [2.75, 3.05) is 39.6 Å². The minimum Gasteiger partial charge on any atom is -0.462 e. The van der Waals surface area contributed by atoms with Gasteiger partial charge in [-0.2, -0.15) is 0 Å². The van der Waals surface area contributed by atoms with Crippen LogP contribution in [-0.4, -0.2) is 96.7 Å². The van der Waals surface area contributed by atoms with E-state index < -0.39 is 97.5 Å². The Morgan fingerprint density at radius 3 is 0.701 bits per heavy atom. The fraction of sp³-hybridized carbons (Fsp3) is 0.949. The fourth-order valence-corrected chi connectivity index (χ4v) is 13.6. The maximum Gasteiger partial charge on any atom is 0.472 e. The monoisotopic (exact) mass is 1420 g/mol. The second-order valence-corrected chi connectivity index (χ2v) is 32.0. The lowest BCUT2D eigenvalue weighted by molar-refractivity contribution is -0.161. The molecule has 97 heavy (non-hydrogen) atoms. The van der Waals surface area contributed by atoms with E-state index in [0.717, 1.165) is 102 Å². The van der Waals surface area contributed by atoms with E-state index in [9.17, 15) is 43.2 Å². The SMILES string of the molecule is CCCCCCCCCCCCCCCCC(=O)O[C@H](COC(=O)CCCCCCCCCCCCC)COP(=O)(O)OC[C@H](O)COP(=O)(O)OC[C@@H](COC(=O)CCCCCCCCCCCCCCC(C)C)OC(=O)CCCCCCCCCCCCCCCCC(C)C. The van der Waals surface area contributed by atoms with E-state index in [0.29, 0.717) is 25.7 Å². The highest BCUT2D eigenvalue weighted by Crippen LogP contribution is 2.45. The van der Waals surface area contributed by atoms with Crippen LogP contribution in [0.3, 0.4) is 0 Å². The first-order valence-corrected chi connectivity index (χ1v) is 43.5. The standard InChI is InChI=1S/C78H152O17P2/c1-7-9-11-13-15-17-19-20-24-32-38-44-50-56-62-77(82)94-73(66-88-75(80)60-54-48-42-36-28-18-16-14-12-10-8-2)68-92-96(84,85)90-64-72(79)65-91-97(86,87)93-69-74(67-89-76(81)61-55-49-43-37-31-27-26-30-35-41-47-53-59-71(5)6)95-78(83)63-57-51-45-39-33-25-22-21-23-29-34-40-46-52-58-70(3)4/h70-74,79H,7-69H2,1-6H3,(H,84,85)(H,86,87)/t72-,73+,74+/m0/s1. The number of hydrogen-bond donors (Lipinski definition) is 3. The van der Waals surface area contributed by atoms with Crippen molar-refractivity contribution in [1.82, 2.24) is 0 Å². The summed E-state index contributed by atoms with van der Waals surface area (Å²) >= 11 is 0. The Labute approximate surface area is 594 Å². The largest absolute Gasteiger partial charge is 0.472 e. The summed E-state index contributed by atoms with van der Waals surface area (Å²) in [7, 11) is -9.91. The number of carbonyl (C=O) groups excluding carboxylic acids is 4.